The zero-order valence-electron chi connectivity index (χ0n) is 23.8. The lowest BCUT2D eigenvalue weighted by Crippen LogP contribution is -2.34. The molecule has 0 spiro atoms. The van der Waals surface area contributed by atoms with Crippen molar-refractivity contribution < 1.29 is 23.8 Å². The highest BCUT2D eigenvalue weighted by Crippen LogP contribution is 2.50. The topological polar surface area (TPSA) is 87.8 Å². The second kappa shape index (κ2) is 12.5. The summed E-state index contributed by atoms with van der Waals surface area (Å²) in [5.41, 5.74) is 10.7. The molecule has 0 radical (unpaired) electrons. The molecule has 0 aliphatic heterocycles. The van der Waals surface area contributed by atoms with Crippen LogP contribution in [-0.4, -0.2) is 32.2 Å². The highest BCUT2D eigenvalue weighted by atomic mass is 16.5. The lowest BCUT2D eigenvalue weighted by Gasteiger charge is -2.42. The summed E-state index contributed by atoms with van der Waals surface area (Å²) in [4.78, 5) is 23.0. The predicted molar refractivity (Wildman–Crippen MR) is 153 cm³/mol. The van der Waals surface area contributed by atoms with Gasteiger partial charge in [-0.15, -0.1) is 0 Å². The van der Waals surface area contributed by atoms with Crippen LogP contribution >= 0.6 is 0 Å². The Morgan fingerprint density at radius 2 is 1.58 bits per heavy atom. The minimum absolute atomic E-state index is 0.0293. The molecule has 1 amide bonds. The number of amides is 1. The molecule has 0 bridgehead atoms. The van der Waals surface area contributed by atoms with E-state index in [9.17, 15) is 9.59 Å². The highest BCUT2D eigenvalue weighted by molar-refractivity contribution is 5.88. The van der Waals surface area contributed by atoms with E-state index < -0.39 is 0 Å². The fourth-order valence-electron chi connectivity index (χ4n) is 5.08. The molecule has 2 aromatic rings. The van der Waals surface area contributed by atoms with Crippen LogP contribution in [0.4, 0.5) is 0 Å². The molecule has 6 heteroatoms. The molecular weight excluding hydrogens is 478 g/mol. The number of primary amides is 1. The monoisotopic (exact) mass is 521 g/mol. The van der Waals surface area contributed by atoms with E-state index in [0.29, 0.717) is 19.6 Å². The van der Waals surface area contributed by atoms with E-state index in [1.54, 1.807) is 20.1 Å². The molecule has 38 heavy (non-hydrogen) atoms. The van der Waals surface area contributed by atoms with Gasteiger partial charge in [0.25, 0.3) is 0 Å². The third kappa shape index (κ3) is 7.18. The lowest BCUT2D eigenvalue weighted by molar-refractivity contribution is -0.137. The van der Waals surface area contributed by atoms with E-state index in [4.69, 9.17) is 19.9 Å². The van der Waals surface area contributed by atoms with Gasteiger partial charge in [-0.3, -0.25) is 4.79 Å². The summed E-state index contributed by atoms with van der Waals surface area (Å²) in [5, 5.41) is 0. The maximum Gasteiger partial charge on any atom is 0.330 e. The van der Waals surface area contributed by atoms with Crippen molar-refractivity contribution in [2.45, 2.75) is 84.0 Å². The zero-order chi connectivity index (χ0) is 27.9. The Hall–Kier alpha value is -3.28. The van der Waals surface area contributed by atoms with Gasteiger partial charge in [-0.2, -0.15) is 0 Å². The first-order chi connectivity index (χ1) is 18.0. The van der Waals surface area contributed by atoms with E-state index in [0.717, 1.165) is 60.3 Å². The highest BCUT2D eigenvalue weighted by Gasteiger charge is 2.38. The Morgan fingerprint density at radius 1 is 0.921 bits per heavy atom. The van der Waals surface area contributed by atoms with E-state index in [2.05, 4.69) is 39.8 Å². The van der Waals surface area contributed by atoms with Crippen molar-refractivity contribution in [2.75, 3.05) is 20.3 Å². The molecule has 0 saturated carbocycles. The summed E-state index contributed by atoms with van der Waals surface area (Å²) in [7, 11) is 1.66. The van der Waals surface area contributed by atoms with Gasteiger partial charge in [0, 0.05) is 23.6 Å². The van der Waals surface area contributed by atoms with Crippen LogP contribution in [0.25, 0.3) is 17.2 Å². The molecule has 0 heterocycles. The van der Waals surface area contributed by atoms with Gasteiger partial charge < -0.3 is 19.9 Å². The smallest absolute Gasteiger partial charge is 0.330 e. The number of benzene rings is 2. The Morgan fingerprint density at radius 3 is 2.21 bits per heavy atom. The molecule has 206 valence electrons. The number of nitrogens with two attached hydrogens (primary N) is 1. The summed E-state index contributed by atoms with van der Waals surface area (Å²) < 4.78 is 17.2. The number of esters is 1. The summed E-state index contributed by atoms with van der Waals surface area (Å²) >= 11 is 0. The van der Waals surface area contributed by atoms with Gasteiger partial charge in [0.05, 0.1) is 20.3 Å². The first kappa shape index (κ1) is 29.3. The molecule has 1 aliphatic carbocycles. The number of unbranched alkanes of at least 4 members (excludes halogenated alkanes) is 2. The molecule has 0 atom stereocenters. The maximum absolute atomic E-state index is 11.9. The van der Waals surface area contributed by atoms with Crippen LogP contribution in [0.2, 0.25) is 0 Å². The van der Waals surface area contributed by atoms with Crippen molar-refractivity contribution >= 4 is 18.0 Å². The van der Waals surface area contributed by atoms with Crippen molar-refractivity contribution in [1.82, 2.24) is 0 Å². The van der Waals surface area contributed by atoms with Crippen LogP contribution in [0, 0.1) is 0 Å². The standard InChI is InChI=1S/C32H43NO5/c1-7-37-30(35)15-13-22-12-14-27(36-6)23(19-22)24-20-25-26(32(4,5)17-16-31(25,2)3)21-28(24)38-18-10-8-9-11-29(33)34/h12-15,19-21H,7-11,16-18H2,1-6H3,(H2,33,34). The Kier molecular flexibility index (Phi) is 9.64. The molecular formula is C32H43NO5. The van der Waals surface area contributed by atoms with Crippen molar-refractivity contribution in [3.05, 3.63) is 53.1 Å². The Bertz CT molecular complexity index is 1180. The average molecular weight is 522 g/mol. The first-order valence-corrected chi connectivity index (χ1v) is 13.6. The van der Waals surface area contributed by atoms with E-state index >= 15 is 0 Å². The molecule has 0 fully saturated rings. The van der Waals surface area contributed by atoms with E-state index in [1.807, 2.05) is 18.2 Å². The minimum Gasteiger partial charge on any atom is -0.496 e. The zero-order valence-corrected chi connectivity index (χ0v) is 23.8. The third-order valence-corrected chi connectivity index (χ3v) is 7.49. The van der Waals surface area contributed by atoms with Crippen LogP contribution in [0.5, 0.6) is 11.5 Å². The number of rotatable bonds is 12. The summed E-state index contributed by atoms with van der Waals surface area (Å²) in [5.74, 6) is 0.909. The van der Waals surface area contributed by atoms with E-state index in [1.165, 1.54) is 17.2 Å². The maximum atomic E-state index is 11.9. The normalized spacial score (nSPS) is 15.6. The Balaban J connectivity index is 2.06. The summed E-state index contributed by atoms with van der Waals surface area (Å²) in [6.07, 6.45) is 8.28. The summed E-state index contributed by atoms with van der Waals surface area (Å²) in [6.45, 7) is 11.9. The van der Waals surface area contributed by atoms with Gasteiger partial charge in [-0.05, 0) is 96.9 Å². The average Bonchev–Trinajstić information content (AvgIpc) is 2.87. The number of methoxy groups -OCH3 is 1. The second-order valence-corrected chi connectivity index (χ2v) is 11.3. The second-order valence-electron chi connectivity index (χ2n) is 11.3. The molecule has 0 aromatic heterocycles. The molecule has 0 unspecified atom stereocenters. The van der Waals surface area contributed by atoms with Crippen molar-refractivity contribution in [3.63, 3.8) is 0 Å². The van der Waals surface area contributed by atoms with Crippen molar-refractivity contribution in [1.29, 1.82) is 0 Å². The van der Waals surface area contributed by atoms with Gasteiger partial charge in [-0.1, -0.05) is 33.8 Å². The quantitative estimate of drug-likeness (QED) is 0.190. The number of carbonyl (C=O) groups is 2. The number of carbonyl (C=O) groups excluding carboxylic acids is 2. The predicted octanol–water partition coefficient (Wildman–Crippen LogP) is 6.71. The largest absolute Gasteiger partial charge is 0.496 e. The van der Waals surface area contributed by atoms with E-state index in [-0.39, 0.29) is 22.7 Å². The van der Waals surface area contributed by atoms with Gasteiger partial charge in [-0.25, -0.2) is 4.79 Å². The number of hydrogen-bond donors (Lipinski definition) is 1. The van der Waals surface area contributed by atoms with Crippen LogP contribution < -0.4 is 15.2 Å². The number of fused-ring (bicyclic) bond motifs is 1. The van der Waals surface area contributed by atoms with Gasteiger partial charge in [0.2, 0.25) is 5.91 Å². The fourth-order valence-corrected chi connectivity index (χ4v) is 5.08. The van der Waals surface area contributed by atoms with Crippen LogP contribution in [-0.2, 0) is 25.2 Å². The van der Waals surface area contributed by atoms with Crippen LogP contribution in [0.15, 0.2) is 36.4 Å². The van der Waals surface area contributed by atoms with Crippen LogP contribution in [0.3, 0.4) is 0 Å². The molecule has 2 aromatic carbocycles. The third-order valence-electron chi connectivity index (χ3n) is 7.49. The minimum atomic E-state index is -0.372. The lowest BCUT2D eigenvalue weighted by atomic mass is 9.62. The fraction of sp³-hybridized carbons (Fsp3) is 0.500. The summed E-state index contributed by atoms with van der Waals surface area (Å²) in [6, 6.07) is 10.4. The van der Waals surface area contributed by atoms with Gasteiger partial charge in [0.15, 0.2) is 0 Å². The van der Waals surface area contributed by atoms with Gasteiger partial charge in [0.1, 0.15) is 11.5 Å². The Labute approximate surface area is 227 Å². The van der Waals surface area contributed by atoms with Crippen LogP contribution in [0.1, 0.15) is 89.8 Å². The number of ether oxygens (including phenoxy) is 3. The molecule has 0 saturated heterocycles. The van der Waals surface area contributed by atoms with Crippen molar-refractivity contribution in [2.24, 2.45) is 5.73 Å². The molecule has 6 nitrogen and oxygen atoms in total. The molecule has 3 rings (SSSR count). The SMILES string of the molecule is CCOC(=O)C=Cc1ccc(OC)c(-c2cc3c(cc2OCCCCCC(N)=O)C(C)(C)CCC3(C)C)c1. The first-order valence-electron chi connectivity index (χ1n) is 13.6. The molecule has 1 aliphatic rings. The van der Waals surface area contributed by atoms with Crippen molar-refractivity contribution in [3.8, 4) is 22.6 Å². The van der Waals surface area contributed by atoms with Gasteiger partial charge >= 0.3 is 5.97 Å². The molecule has 2 N–H and O–H groups in total. The number of hydrogen-bond acceptors (Lipinski definition) is 5.